The summed E-state index contributed by atoms with van der Waals surface area (Å²) in [5.74, 6) is 0.231. The molecular weight excluding hydrogens is 357 g/mol. The maximum atomic E-state index is 11.3. The van der Waals surface area contributed by atoms with Crippen LogP contribution in [0, 0.1) is 11.3 Å². The average molecular weight is 390 g/mol. The van der Waals surface area contributed by atoms with Gasteiger partial charge in [-0.2, -0.15) is 0 Å². The first-order chi connectivity index (χ1) is 12.8. The molecule has 2 atom stereocenters. The third-order valence-electron chi connectivity index (χ3n) is 4.65. The van der Waals surface area contributed by atoms with E-state index in [1.807, 2.05) is 44.2 Å². The van der Waals surface area contributed by atoms with Crippen LogP contribution in [0.25, 0.3) is 5.57 Å². The van der Waals surface area contributed by atoms with Crippen molar-refractivity contribution in [3.8, 4) is 0 Å². The number of nitrogens with two attached hydrogens (primary N) is 1. The summed E-state index contributed by atoms with van der Waals surface area (Å²) in [7, 11) is -1.41. The SMILES string of the molecule is C/C=C(\C)F.C=CC(C)C1=CC2(C=C1c1ccc(S(N)=O)cc1)CC2.CC. The average Bonchev–Trinajstić information content (AvgIpc) is 3.33. The lowest BCUT2D eigenvalue weighted by atomic mass is 9.92. The Hall–Kier alpha value is -1.78. The second kappa shape index (κ2) is 10.5. The van der Waals surface area contributed by atoms with Gasteiger partial charge >= 0.3 is 0 Å². The van der Waals surface area contributed by atoms with Gasteiger partial charge in [-0.3, -0.25) is 0 Å². The summed E-state index contributed by atoms with van der Waals surface area (Å²) in [6.45, 7) is 13.2. The van der Waals surface area contributed by atoms with Crippen LogP contribution in [-0.2, 0) is 11.0 Å². The molecule has 2 N–H and O–H groups in total. The van der Waals surface area contributed by atoms with E-state index in [4.69, 9.17) is 5.14 Å². The van der Waals surface area contributed by atoms with Crippen molar-refractivity contribution >= 4 is 16.6 Å². The quantitative estimate of drug-likeness (QED) is 0.587. The van der Waals surface area contributed by atoms with Crippen molar-refractivity contribution in [3.63, 3.8) is 0 Å². The summed E-state index contributed by atoms with van der Waals surface area (Å²) in [4.78, 5) is 0.663. The molecule has 0 radical (unpaired) electrons. The molecule has 0 aliphatic heterocycles. The second-order valence-electron chi connectivity index (χ2n) is 6.61. The van der Waals surface area contributed by atoms with Crippen molar-refractivity contribution in [1.82, 2.24) is 0 Å². The summed E-state index contributed by atoms with van der Waals surface area (Å²) in [6.07, 6.45) is 10.7. The van der Waals surface area contributed by atoms with E-state index in [0.29, 0.717) is 16.2 Å². The Balaban J connectivity index is 0.000000454. The summed E-state index contributed by atoms with van der Waals surface area (Å²) in [5.41, 5.74) is 4.13. The summed E-state index contributed by atoms with van der Waals surface area (Å²) in [6, 6.07) is 7.72. The minimum atomic E-state index is -1.41. The van der Waals surface area contributed by atoms with Crippen LogP contribution in [0.3, 0.4) is 0 Å². The molecule has 0 heterocycles. The van der Waals surface area contributed by atoms with Crippen molar-refractivity contribution in [2.75, 3.05) is 0 Å². The first kappa shape index (κ1) is 23.3. The maximum absolute atomic E-state index is 11.3. The number of rotatable bonds is 4. The van der Waals surface area contributed by atoms with Crippen LogP contribution in [-0.4, -0.2) is 4.21 Å². The highest BCUT2D eigenvalue weighted by atomic mass is 32.2. The molecule has 2 aliphatic carbocycles. The topological polar surface area (TPSA) is 43.1 Å². The van der Waals surface area contributed by atoms with Crippen molar-refractivity contribution in [1.29, 1.82) is 0 Å². The Morgan fingerprint density at radius 2 is 1.78 bits per heavy atom. The summed E-state index contributed by atoms with van der Waals surface area (Å²) < 4.78 is 22.6. The molecule has 1 spiro atoms. The van der Waals surface area contributed by atoms with Crippen LogP contribution in [0.2, 0.25) is 0 Å². The van der Waals surface area contributed by atoms with E-state index < -0.39 is 11.0 Å². The van der Waals surface area contributed by atoms with Gasteiger partial charge in [0.1, 0.15) is 11.0 Å². The third kappa shape index (κ3) is 6.40. The molecule has 1 aromatic carbocycles. The predicted molar refractivity (Wildman–Crippen MR) is 116 cm³/mol. The molecule has 3 rings (SSSR count). The molecule has 2 unspecified atom stereocenters. The van der Waals surface area contributed by atoms with E-state index in [0.717, 1.165) is 0 Å². The van der Waals surface area contributed by atoms with Gasteiger partial charge < -0.3 is 0 Å². The Bertz CT molecular complexity index is 751. The number of hydrogen-bond acceptors (Lipinski definition) is 1. The molecule has 1 saturated carbocycles. The zero-order valence-corrected chi connectivity index (χ0v) is 17.9. The van der Waals surface area contributed by atoms with E-state index >= 15 is 0 Å². The molecule has 27 heavy (non-hydrogen) atoms. The molecule has 0 aromatic heterocycles. The van der Waals surface area contributed by atoms with E-state index in [-0.39, 0.29) is 5.83 Å². The van der Waals surface area contributed by atoms with Crippen LogP contribution in [0.4, 0.5) is 4.39 Å². The maximum Gasteiger partial charge on any atom is 0.122 e. The van der Waals surface area contributed by atoms with Crippen molar-refractivity contribution < 1.29 is 8.60 Å². The van der Waals surface area contributed by atoms with Crippen LogP contribution in [0.15, 0.2) is 71.4 Å². The number of allylic oxidation sites excluding steroid dienone is 7. The standard InChI is InChI=1S/C17H19NOS.C4H7F.C2H6/c1-3-12(2)15-10-17(8-9-17)11-16(15)13-4-6-14(7-5-13)20(18)19;1-3-4(2)5;1-2/h3-7,10-12H,1,8-9,18H2,2H3;3H,1-2H3;1-2H3/b;4-3+;. The third-order valence-corrected chi connectivity index (χ3v) is 5.39. The molecule has 0 bridgehead atoms. The monoisotopic (exact) mass is 389 g/mol. The molecule has 2 aliphatic rings. The lowest BCUT2D eigenvalue weighted by Gasteiger charge is -2.13. The van der Waals surface area contributed by atoms with Crippen LogP contribution >= 0.6 is 0 Å². The van der Waals surface area contributed by atoms with E-state index in [1.165, 1.54) is 42.6 Å². The number of halogens is 1. The highest BCUT2D eigenvalue weighted by molar-refractivity contribution is 7.82. The predicted octanol–water partition coefficient (Wildman–Crippen LogP) is 6.50. The van der Waals surface area contributed by atoms with Gasteiger partial charge in [-0.15, -0.1) is 6.58 Å². The molecule has 0 saturated heterocycles. The zero-order valence-electron chi connectivity index (χ0n) is 17.1. The van der Waals surface area contributed by atoms with Gasteiger partial charge in [-0.1, -0.05) is 57.2 Å². The van der Waals surface area contributed by atoms with Gasteiger partial charge in [-0.25, -0.2) is 13.7 Å². The van der Waals surface area contributed by atoms with Crippen molar-refractivity contribution in [2.24, 2.45) is 16.5 Å². The normalized spacial score (nSPS) is 18.9. The zero-order chi connectivity index (χ0) is 20.6. The minimum Gasteiger partial charge on any atom is -0.248 e. The highest BCUT2D eigenvalue weighted by Crippen LogP contribution is 2.56. The lowest BCUT2D eigenvalue weighted by Crippen LogP contribution is -2.02. The molecule has 1 aromatic rings. The molecule has 148 valence electrons. The van der Waals surface area contributed by atoms with E-state index in [9.17, 15) is 8.60 Å². The summed E-state index contributed by atoms with van der Waals surface area (Å²) >= 11 is 0. The molecule has 1 fully saturated rings. The Labute approximate surface area is 166 Å². The number of benzene rings is 1. The van der Waals surface area contributed by atoms with Gasteiger partial charge in [0.2, 0.25) is 0 Å². The Morgan fingerprint density at radius 1 is 1.26 bits per heavy atom. The highest BCUT2D eigenvalue weighted by Gasteiger charge is 2.43. The van der Waals surface area contributed by atoms with Gasteiger partial charge in [0, 0.05) is 5.41 Å². The summed E-state index contributed by atoms with van der Waals surface area (Å²) in [5, 5.41) is 5.40. The minimum absolute atomic E-state index is 0.120. The van der Waals surface area contributed by atoms with Crippen LogP contribution in [0.5, 0.6) is 0 Å². The molecule has 0 amide bonds. The number of hydrogen-bond donors (Lipinski definition) is 1. The largest absolute Gasteiger partial charge is 0.248 e. The van der Waals surface area contributed by atoms with Gasteiger partial charge in [0.25, 0.3) is 0 Å². The van der Waals surface area contributed by atoms with Gasteiger partial charge in [0.15, 0.2) is 0 Å². The van der Waals surface area contributed by atoms with Gasteiger partial charge in [-0.05, 0) is 61.4 Å². The first-order valence-electron chi connectivity index (χ1n) is 9.45. The lowest BCUT2D eigenvalue weighted by molar-refractivity contribution is 0.638. The Kier molecular flexibility index (Phi) is 9.07. The molecule has 4 heteroatoms. The Morgan fingerprint density at radius 3 is 2.15 bits per heavy atom. The first-order valence-corrected chi connectivity index (χ1v) is 10.7. The molecule has 2 nitrogen and oxygen atoms in total. The van der Waals surface area contributed by atoms with Crippen LogP contribution < -0.4 is 5.14 Å². The second-order valence-corrected chi connectivity index (χ2v) is 7.68. The van der Waals surface area contributed by atoms with E-state index in [1.54, 1.807) is 6.92 Å². The van der Waals surface area contributed by atoms with Crippen molar-refractivity contribution in [3.05, 3.63) is 72.1 Å². The molecular formula is C23H32FNOS. The van der Waals surface area contributed by atoms with E-state index in [2.05, 4.69) is 25.7 Å². The van der Waals surface area contributed by atoms with Gasteiger partial charge in [0.05, 0.1) is 10.7 Å². The smallest absolute Gasteiger partial charge is 0.122 e. The fourth-order valence-corrected chi connectivity index (χ4v) is 3.16. The van der Waals surface area contributed by atoms with Crippen LogP contribution in [0.1, 0.15) is 53.0 Å². The van der Waals surface area contributed by atoms with Crippen molar-refractivity contribution in [2.45, 2.75) is 52.4 Å². The fourth-order valence-electron chi connectivity index (χ4n) is 2.76. The fraction of sp³-hybridized carbons (Fsp3) is 0.391.